The van der Waals surface area contributed by atoms with Gasteiger partial charge >= 0.3 is 0 Å². The number of nitrogens with zero attached hydrogens (tertiary/aromatic N) is 1. The monoisotopic (exact) mass is 398 g/mol. The fourth-order valence-electron chi connectivity index (χ4n) is 2.73. The number of ether oxygens (including phenoxy) is 3. The van der Waals surface area contributed by atoms with Crippen molar-refractivity contribution >= 4 is 12.0 Å². The van der Waals surface area contributed by atoms with Gasteiger partial charge in [-0.25, -0.2) is 0 Å². The van der Waals surface area contributed by atoms with Crippen molar-refractivity contribution in [2.45, 2.75) is 37.6 Å². The van der Waals surface area contributed by atoms with Gasteiger partial charge in [0, 0.05) is 13.0 Å². The number of carbonyl (C=O) groups excluding carboxylic acids is 1. The third kappa shape index (κ3) is 5.16. The van der Waals surface area contributed by atoms with Crippen LogP contribution in [-0.2, 0) is 9.53 Å². The maximum absolute atomic E-state index is 11.5. The Hall–Kier alpha value is -2.73. The molecule has 0 aliphatic carbocycles. The fraction of sp³-hybridized carbons (Fsp3) is 0.471. The molecular weight excluding hydrogens is 376 g/mol. The highest BCUT2D eigenvalue weighted by atomic mass is 16.7. The zero-order valence-electron chi connectivity index (χ0n) is 15.2. The lowest BCUT2D eigenvalue weighted by Crippen LogP contribution is -2.65. The van der Waals surface area contributed by atoms with Crippen LogP contribution in [0.25, 0.3) is 6.08 Å². The molecule has 1 amide bonds. The average molecular weight is 398 g/mol. The normalized spacial score (nSPS) is 27.4. The Morgan fingerprint density at radius 3 is 2.64 bits per heavy atom. The first-order valence-electron chi connectivity index (χ1n) is 8.32. The summed E-state index contributed by atoms with van der Waals surface area (Å²) in [5, 5.41) is 42.5. The Morgan fingerprint density at radius 1 is 1.36 bits per heavy atom. The van der Waals surface area contributed by atoms with E-state index in [0.717, 1.165) is 6.20 Å². The summed E-state index contributed by atoms with van der Waals surface area (Å²) in [6.45, 7) is 0.651. The first-order chi connectivity index (χ1) is 13.3. The number of rotatable bonds is 7. The van der Waals surface area contributed by atoms with Gasteiger partial charge in [0.05, 0.1) is 18.6 Å². The van der Waals surface area contributed by atoms with Gasteiger partial charge in [0.2, 0.25) is 18.4 Å². The molecule has 1 aliphatic heterocycles. The number of benzene rings is 1. The van der Waals surface area contributed by atoms with Crippen LogP contribution in [0, 0.1) is 10.1 Å². The summed E-state index contributed by atoms with van der Waals surface area (Å²) in [6.07, 6.45) is -3.21. The number of aliphatic hydroxyl groups excluding tert-OH is 3. The molecule has 11 nitrogen and oxygen atoms in total. The Morgan fingerprint density at radius 2 is 2.07 bits per heavy atom. The molecule has 1 saturated heterocycles. The van der Waals surface area contributed by atoms with E-state index in [-0.39, 0.29) is 11.5 Å². The van der Waals surface area contributed by atoms with Crippen molar-refractivity contribution in [3.8, 4) is 11.5 Å². The molecule has 2 rings (SSSR count). The maximum Gasteiger partial charge on any atom is 0.235 e. The van der Waals surface area contributed by atoms with Gasteiger partial charge in [-0.3, -0.25) is 14.9 Å². The van der Waals surface area contributed by atoms with E-state index >= 15 is 0 Å². The number of amides is 1. The van der Waals surface area contributed by atoms with Crippen LogP contribution in [0.4, 0.5) is 0 Å². The molecule has 1 fully saturated rings. The number of hydrogen-bond donors (Lipinski definition) is 4. The molecule has 11 heteroatoms. The number of methoxy groups -OCH3 is 1. The first-order valence-corrected chi connectivity index (χ1v) is 8.32. The van der Waals surface area contributed by atoms with E-state index in [4.69, 9.17) is 14.2 Å². The number of carbonyl (C=O) groups is 1. The van der Waals surface area contributed by atoms with Crippen molar-refractivity contribution in [1.29, 1.82) is 0 Å². The highest BCUT2D eigenvalue weighted by Gasteiger charge is 2.46. The predicted molar refractivity (Wildman–Crippen MR) is 95.0 cm³/mol. The number of aliphatic hydroxyl groups is 3. The number of nitrogens with one attached hydrogen (secondary N) is 1. The molecule has 154 valence electrons. The van der Waals surface area contributed by atoms with Crippen molar-refractivity contribution in [3.05, 3.63) is 40.1 Å². The second-order valence-electron chi connectivity index (χ2n) is 6.06. The molecule has 0 spiro atoms. The van der Waals surface area contributed by atoms with E-state index in [9.17, 15) is 30.2 Å². The molecule has 0 unspecified atom stereocenters. The van der Waals surface area contributed by atoms with Gasteiger partial charge < -0.3 is 34.8 Å². The minimum atomic E-state index is -1.45. The molecule has 0 saturated carbocycles. The van der Waals surface area contributed by atoms with Gasteiger partial charge in [-0.2, -0.15) is 0 Å². The summed E-state index contributed by atoms with van der Waals surface area (Å²) in [5.74, 6) is -0.0960. The molecule has 28 heavy (non-hydrogen) atoms. The summed E-state index contributed by atoms with van der Waals surface area (Å²) in [4.78, 5) is 21.3. The molecular formula is C17H22N2O9. The molecule has 1 aliphatic rings. The Labute approximate surface area is 160 Å². The molecule has 0 aromatic heterocycles. The SMILES string of the molecule is COc1cc(C=C[N+](=O)[O-])ccc1O[C@@H]1O[C@H](CO)[C@@H](O)[C@H](O)[C@H]1NC(C)=O. The number of nitro groups is 1. The van der Waals surface area contributed by atoms with E-state index in [1.165, 1.54) is 38.3 Å². The van der Waals surface area contributed by atoms with Gasteiger partial charge in [-0.05, 0) is 17.7 Å². The molecule has 1 aromatic carbocycles. The zero-order valence-corrected chi connectivity index (χ0v) is 15.2. The molecule has 1 heterocycles. The van der Waals surface area contributed by atoms with Crippen molar-refractivity contribution in [2.75, 3.05) is 13.7 Å². The van der Waals surface area contributed by atoms with Crippen LogP contribution in [0.15, 0.2) is 24.4 Å². The first kappa shape index (κ1) is 21.6. The summed E-state index contributed by atoms with van der Waals surface area (Å²) in [5.41, 5.74) is 0.479. The average Bonchev–Trinajstić information content (AvgIpc) is 2.66. The minimum Gasteiger partial charge on any atom is -0.493 e. The lowest BCUT2D eigenvalue weighted by atomic mass is 9.97. The summed E-state index contributed by atoms with van der Waals surface area (Å²) in [7, 11) is 1.37. The van der Waals surface area contributed by atoms with Gasteiger partial charge in [-0.15, -0.1) is 0 Å². The van der Waals surface area contributed by atoms with Gasteiger partial charge in [0.1, 0.15) is 24.4 Å². The quantitative estimate of drug-likeness (QED) is 0.343. The van der Waals surface area contributed by atoms with Crippen LogP contribution < -0.4 is 14.8 Å². The van der Waals surface area contributed by atoms with E-state index in [1.807, 2.05) is 0 Å². The van der Waals surface area contributed by atoms with Gasteiger partial charge in [0.25, 0.3) is 0 Å². The predicted octanol–water partition coefficient (Wildman–Crippen LogP) is -0.735. The van der Waals surface area contributed by atoms with Crippen LogP contribution in [0.5, 0.6) is 11.5 Å². The Bertz CT molecular complexity index is 739. The van der Waals surface area contributed by atoms with E-state index in [0.29, 0.717) is 5.56 Å². The zero-order chi connectivity index (χ0) is 20.8. The third-order valence-corrected chi connectivity index (χ3v) is 4.07. The summed E-state index contributed by atoms with van der Waals surface area (Å²) in [6, 6.07) is 3.37. The van der Waals surface area contributed by atoms with E-state index < -0.39 is 48.1 Å². The van der Waals surface area contributed by atoms with Crippen molar-refractivity contribution in [3.63, 3.8) is 0 Å². The maximum atomic E-state index is 11.5. The summed E-state index contributed by atoms with van der Waals surface area (Å²) >= 11 is 0. The smallest absolute Gasteiger partial charge is 0.235 e. The van der Waals surface area contributed by atoms with Crippen molar-refractivity contribution in [2.24, 2.45) is 0 Å². The van der Waals surface area contributed by atoms with Crippen LogP contribution in [-0.4, -0.2) is 70.5 Å². The number of hydrogen-bond acceptors (Lipinski definition) is 9. The van der Waals surface area contributed by atoms with Crippen LogP contribution in [0.1, 0.15) is 12.5 Å². The van der Waals surface area contributed by atoms with E-state index in [2.05, 4.69) is 5.32 Å². The molecule has 1 aromatic rings. The minimum absolute atomic E-state index is 0.168. The lowest BCUT2D eigenvalue weighted by molar-refractivity contribution is -0.400. The highest BCUT2D eigenvalue weighted by Crippen LogP contribution is 2.32. The van der Waals surface area contributed by atoms with Gasteiger partial charge in [-0.1, -0.05) is 6.07 Å². The molecule has 5 atom stereocenters. The molecule has 4 N–H and O–H groups in total. The van der Waals surface area contributed by atoms with Crippen LogP contribution in [0.2, 0.25) is 0 Å². The Kier molecular flexibility index (Phi) is 7.29. The highest BCUT2D eigenvalue weighted by molar-refractivity contribution is 5.73. The van der Waals surface area contributed by atoms with Gasteiger partial charge in [0.15, 0.2) is 11.5 Å². The summed E-state index contributed by atoms with van der Waals surface area (Å²) < 4.78 is 16.4. The van der Waals surface area contributed by atoms with Crippen LogP contribution in [0.3, 0.4) is 0 Å². The van der Waals surface area contributed by atoms with Crippen molar-refractivity contribution in [1.82, 2.24) is 5.32 Å². The molecule has 0 bridgehead atoms. The molecule has 0 radical (unpaired) electrons. The standard InChI is InChI=1S/C17H22N2O9/c1-9(21)18-14-16(23)15(22)13(8-20)28-17(14)27-11-4-3-10(5-6-19(24)25)7-12(11)26-2/h3-7,13-17,20,22-23H,8H2,1-2H3,(H,18,21)/t13-,14-,15-,16-,17-/m1/s1. The Balaban J connectivity index is 2.28. The second-order valence-corrected chi connectivity index (χ2v) is 6.06. The van der Waals surface area contributed by atoms with Crippen molar-refractivity contribution < 1.29 is 39.2 Å². The van der Waals surface area contributed by atoms with Crippen LogP contribution >= 0.6 is 0 Å². The fourth-order valence-corrected chi connectivity index (χ4v) is 2.73. The second kappa shape index (κ2) is 9.46. The lowest BCUT2D eigenvalue weighted by Gasteiger charge is -2.42. The third-order valence-electron chi connectivity index (χ3n) is 4.07. The largest absolute Gasteiger partial charge is 0.493 e. The topological polar surface area (TPSA) is 161 Å². The van der Waals surface area contributed by atoms with E-state index in [1.54, 1.807) is 0 Å².